The molecule has 0 amide bonds. The van der Waals surface area contributed by atoms with Crippen molar-refractivity contribution in [2.75, 3.05) is 6.61 Å². The Morgan fingerprint density at radius 3 is 2.81 bits per heavy atom. The molecule has 0 aliphatic carbocycles. The lowest BCUT2D eigenvalue weighted by molar-refractivity contribution is -0.143. The van der Waals surface area contributed by atoms with Gasteiger partial charge in [0, 0.05) is 10.5 Å². The van der Waals surface area contributed by atoms with Gasteiger partial charge in [0.05, 0.1) is 13.0 Å². The summed E-state index contributed by atoms with van der Waals surface area (Å²) in [6.07, 6.45) is 0.213. The van der Waals surface area contributed by atoms with E-state index in [1.165, 1.54) is 0 Å². The van der Waals surface area contributed by atoms with E-state index in [9.17, 15) is 4.79 Å². The van der Waals surface area contributed by atoms with Gasteiger partial charge in [0.2, 0.25) is 0 Å². The Hall–Kier alpha value is -0.580. The molecule has 0 saturated heterocycles. The molecule has 0 aliphatic heterocycles. The second-order valence-electron chi connectivity index (χ2n) is 3.17. The van der Waals surface area contributed by atoms with Crippen LogP contribution in [0.1, 0.15) is 24.9 Å². The minimum absolute atomic E-state index is 0. The molecule has 0 spiro atoms. The van der Waals surface area contributed by atoms with Crippen LogP contribution in [-0.4, -0.2) is 12.6 Å². The Balaban J connectivity index is 0.00000225. The van der Waals surface area contributed by atoms with Gasteiger partial charge in [-0.25, -0.2) is 0 Å². The van der Waals surface area contributed by atoms with Crippen LogP contribution in [0.25, 0.3) is 0 Å². The van der Waals surface area contributed by atoms with Crippen LogP contribution in [0.15, 0.2) is 28.7 Å². The zero-order valence-corrected chi connectivity index (χ0v) is 11.4. The molecule has 0 fully saturated rings. The molecular weight excluding hydrogens is 293 g/mol. The fourth-order valence-corrected chi connectivity index (χ4v) is 1.67. The van der Waals surface area contributed by atoms with Gasteiger partial charge < -0.3 is 10.5 Å². The number of ether oxygens (including phenoxy) is 1. The first-order valence-corrected chi connectivity index (χ1v) is 5.59. The Morgan fingerprint density at radius 2 is 2.25 bits per heavy atom. The summed E-state index contributed by atoms with van der Waals surface area (Å²) in [4.78, 5) is 11.2. The first-order valence-electron chi connectivity index (χ1n) is 4.80. The molecule has 0 bridgehead atoms. The normalized spacial score (nSPS) is 11.4. The summed E-state index contributed by atoms with van der Waals surface area (Å²) in [5.41, 5.74) is 6.80. The van der Waals surface area contributed by atoms with Crippen molar-refractivity contribution >= 4 is 34.3 Å². The molecule has 1 rings (SSSR count). The number of benzene rings is 1. The van der Waals surface area contributed by atoms with Crippen LogP contribution in [0.2, 0.25) is 0 Å². The van der Waals surface area contributed by atoms with Gasteiger partial charge in [0.25, 0.3) is 0 Å². The highest BCUT2D eigenvalue weighted by Gasteiger charge is 2.12. The third-order valence-electron chi connectivity index (χ3n) is 1.97. The molecule has 16 heavy (non-hydrogen) atoms. The highest BCUT2D eigenvalue weighted by molar-refractivity contribution is 9.10. The molecular formula is C11H15BrClNO2. The second kappa shape index (κ2) is 7.65. The van der Waals surface area contributed by atoms with Crippen molar-refractivity contribution < 1.29 is 9.53 Å². The fraction of sp³-hybridized carbons (Fsp3) is 0.364. The van der Waals surface area contributed by atoms with Crippen molar-refractivity contribution in [2.24, 2.45) is 5.73 Å². The predicted octanol–water partition coefficient (Wildman–Crippen LogP) is 2.82. The molecule has 1 atom stereocenters. The topological polar surface area (TPSA) is 52.3 Å². The predicted molar refractivity (Wildman–Crippen MR) is 69.6 cm³/mol. The largest absolute Gasteiger partial charge is 0.466 e. The smallest absolute Gasteiger partial charge is 0.307 e. The van der Waals surface area contributed by atoms with E-state index in [1.807, 2.05) is 24.3 Å². The van der Waals surface area contributed by atoms with Gasteiger partial charge >= 0.3 is 5.97 Å². The lowest BCUT2D eigenvalue weighted by Crippen LogP contribution is -2.17. The quantitative estimate of drug-likeness (QED) is 0.870. The molecule has 0 aliphatic rings. The van der Waals surface area contributed by atoms with E-state index in [4.69, 9.17) is 10.5 Å². The number of halogens is 2. The maximum atomic E-state index is 11.2. The third kappa shape index (κ3) is 4.96. The molecule has 0 heterocycles. The minimum atomic E-state index is -0.304. The molecule has 0 aromatic heterocycles. The number of carbonyl (C=O) groups excluding carboxylic acids is 1. The molecule has 1 aromatic rings. The Bertz CT molecular complexity index is 347. The summed E-state index contributed by atoms with van der Waals surface area (Å²) >= 11 is 3.36. The first kappa shape index (κ1) is 15.4. The highest BCUT2D eigenvalue weighted by Crippen LogP contribution is 2.19. The van der Waals surface area contributed by atoms with Gasteiger partial charge in [-0.2, -0.15) is 0 Å². The Labute approximate surface area is 110 Å². The summed E-state index contributed by atoms with van der Waals surface area (Å²) in [7, 11) is 0. The van der Waals surface area contributed by atoms with Crippen molar-refractivity contribution in [3.63, 3.8) is 0 Å². The summed E-state index contributed by atoms with van der Waals surface area (Å²) in [5.74, 6) is -0.259. The molecule has 90 valence electrons. The van der Waals surface area contributed by atoms with Crippen LogP contribution in [0.3, 0.4) is 0 Å². The van der Waals surface area contributed by atoms with Crippen molar-refractivity contribution in [2.45, 2.75) is 19.4 Å². The highest BCUT2D eigenvalue weighted by atomic mass is 79.9. The van der Waals surface area contributed by atoms with Crippen LogP contribution >= 0.6 is 28.3 Å². The lowest BCUT2D eigenvalue weighted by atomic mass is 10.1. The third-order valence-corrected chi connectivity index (χ3v) is 2.46. The maximum absolute atomic E-state index is 11.2. The first-order chi connectivity index (χ1) is 7.13. The van der Waals surface area contributed by atoms with Crippen LogP contribution in [-0.2, 0) is 9.53 Å². The van der Waals surface area contributed by atoms with Gasteiger partial charge in [0.15, 0.2) is 0 Å². The lowest BCUT2D eigenvalue weighted by Gasteiger charge is -2.11. The average molecular weight is 309 g/mol. The zero-order valence-electron chi connectivity index (χ0n) is 8.98. The van der Waals surface area contributed by atoms with Crippen LogP contribution in [0.4, 0.5) is 0 Å². The number of rotatable bonds is 4. The van der Waals surface area contributed by atoms with E-state index in [1.54, 1.807) is 6.92 Å². The van der Waals surface area contributed by atoms with Crippen LogP contribution in [0, 0.1) is 0 Å². The second-order valence-corrected chi connectivity index (χ2v) is 4.09. The number of esters is 1. The van der Waals surface area contributed by atoms with Crippen molar-refractivity contribution in [1.29, 1.82) is 0 Å². The average Bonchev–Trinajstić information content (AvgIpc) is 2.18. The van der Waals surface area contributed by atoms with Gasteiger partial charge in [-0.3, -0.25) is 4.79 Å². The van der Waals surface area contributed by atoms with Gasteiger partial charge in [0.1, 0.15) is 0 Å². The Kier molecular flexibility index (Phi) is 7.38. The van der Waals surface area contributed by atoms with E-state index in [0.717, 1.165) is 10.0 Å². The molecule has 0 radical (unpaired) electrons. The molecule has 1 unspecified atom stereocenters. The zero-order chi connectivity index (χ0) is 11.3. The van der Waals surface area contributed by atoms with Crippen molar-refractivity contribution in [3.8, 4) is 0 Å². The maximum Gasteiger partial charge on any atom is 0.307 e. The number of carbonyl (C=O) groups is 1. The van der Waals surface area contributed by atoms with E-state index in [-0.39, 0.29) is 30.8 Å². The minimum Gasteiger partial charge on any atom is -0.466 e. The molecule has 5 heteroatoms. The molecule has 2 N–H and O–H groups in total. The van der Waals surface area contributed by atoms with Gasteiger partial charge in [-0.05, 0) is 24.6 Å². The number of nitrogens with two attached hydrogens (primary N) is 1. The van der Waals surface area contributed by atoms with Gasteiger partial charge in [-0.15, -0.1) is 12.4 Å². The van der Waals surface area contributed by atoms with E-state index in [2.05, 4.69) is 15.9 Å². The standard InChI is InChI=1S/C11H14BrNO2.ClH/c1-2-15-11(14)7-10(13)8-4-3-5-9(12)6-8;/h3-6,10H,2,7,13H2,1H3;1H. The number of hydrogen-bond acceptors (Lipinski definition) is 3. The van der Waals surface area contributed by atoms with E-state index in [0.29, 0.717) is 6.61 Å². The van der Waals surface area contributed by atoms with Crippen LogP contribution < -0.4 is 5.73 Å². The summed E-state index contributed by atoms with van der Waals surface area (Å²) in [6, 6.07) is 7.31. The number of hydrogen-bond donors (Lipinski definition) is 1. The van der Waals surface area contributed by atoms with Gasteiger partial charge in [-0.1, -0.05) is 28.1 Å². The van der Waals surface area contributed by atoms with Crippen molar-refractivity contribution in [1.82, 2.24) is 0 Å². The summed E-state index contributed by atoms with van der Waals surface area (Å²) in [5, 5.41) is 0. The fourth-order valence-electron chi connectivity index (χ4n) is 1.25. The molecule has 3 nitrogen and oxygen atoms in total. The monoisotopic (exact) mass is 307 g/mol. The molecule has 1 aromatic carbocycles. The molecule has 0 saturated carbocycles. The summed E-state index contributed by atoms with van der Waals surface area (Å²) in [6.45, 7) is 2.17. The van der Waals surface area contributed by atoms with E-state index >= 15 is 0 Å². The van der Waals surface area contributed by atoms with Crippen molar-refractivity contribution in [3.05, 3.63) is 34.3 Å². The SMILES string of the molecule is CCOC(=O)CC(N)c1cccc(Br)c1.Cl. The summed E-state index contributed by atoms with van der Waals surface area (Å²) < 4.78 is 5.79. The van der Waals surface area contributed by atoms with Crippen LogP contribution in [0.5, 0.6) is 0 Å². The van der Waals surface area contributed by atoms with E-state index < -0.39 is 0 Å². The Morgan fingerprint density at radius 1 is 1.56 bits per heavy atom.